The van der Waals surface area contributed by atoms with Crippen LogP contribution in [0, 0.1) is 0 Å². The predicted molar refractivity (Wildman–Crippen MR) is 51.0 cm³/mol. The Kier molecular flexibility index (Phi) is 1.96. The molecule has 0 saturated heterocycles. The Morgan fingerprint density at radius 3 is 2.64 bits per heavy atom. The highest BCUT2D eigenvalue weighted by Crippen LogP contribution is 2.37. The fourth-order valence-electron chi connectivity index (χ4n) is 1.31. The van der Waals surface area contributed by atoms with Gasteiger partial charge in [-0.25, -0.2) is 0 Å². The molecule has 0 atom stereocenters. The van der Waals surface area contributed by atoms with Gasteiger partial charge in [-0.05, 0) is 12.1 Å². The molecule has 4 heteroatoms. The van der Waals surface area contributed by atoms with E-state index in [0.29, 0.717) is 17.3 Å². The topological polar surface area (TPSA) is 51.8 Å². The number of furan rings is 1. The zero-order chi connectivity index (χ0) is 10.1. The summed E-state index contributed by atoms with van der Waals surface area (Å²) in [4.78, 5) is 0. The Balaban J connectivity index is 2.68. The van der Waals surface area contributed by atoms with Crippen LogP contribution in [0.4, 0.5) is 0 Å². The van der Waals surface area contributed by atoms with Gasteiger partial charge in [0.25, 0.3) is 5.95 Å². The molecule has 74 valence electrons. The molecule has 1 aromatic carbocycles. The van der Waals surface area contributed by atoms with E-state index in [1.807, 2.05) is 0 Å². The maximum Gasteiger partial charge on any atom is 0.285 e. The summed E-state index contributed by atoms with van der Waals surface area (Å²) in [6.07, 6.45) is 0. The minimum Gasteiger partial charge on any atom is -0.502 e. The molecule has 0 spiro atoms. The maximum absolute atomic E-state index is 9.68. The molecule has 1 heterocycles. The third-order valence-corrected chi connectivity index (χ3v) is 2.02. The first-order valence-electron chi connectivity index (χ1n) is 4.09. The molecule has 1 N–H and O–H groups in total. The number of rotatable bonds is 2. The lowest BCUT2D eigenvalue weighted by Crippen LogP contribution is -1.82. The van der Waals surface area contributed by atoms with Crippen molar-refractivity contribution in [1.29, 1.82) is 0 Å². The molecule has 4 nitrogen and oxygen atoms in total. The lowest BCUT2D eigenvalue weighted by atomic mass is 10.2. The second-order valence-corrected chi connectivity index (χ2v) is 2.80. The van der Waals surface area contributed by atoms with Gasteiger partial charge in [-0.3, -0.25) is 0 Å². The summed E-state index contributed by atoms with van der Waals surface area (Å²) >= 11 is 0. The van der Waals surface area contributed by atoms with E-state index in [4.69, 9.17) is 13.9 Å². The Bertz CT molecular complexity index is 458. The Morgan fingerprint density at radius 1 is 1.21 bits per heavy atom. The van der Waals surface area contributed by atoms with Crippen molar-refractivity contribution in [2.24, 2.45) is 0 Å². The van der Waals surface area contributed by atoms with E-state index >= 15 is 0 Å². The van der Waals surface area contributed by atoms with Gasteiger partial charge in [0.2, 0.25) is 5.75 Å². The molecular formula is C10H10O4. The molecule has 0 aliphatic heterocycles. The van der Waals surface area contributed by atoms with Gasteiger partial charge < -0.3 is 19.0 Å². The van der Waals surface area contributed by atoms with Crippen molar-refractivity contribution in [3.8, 4) is 17.4 Å². The normalized spacial score (nSPS) is 10.4. The van der Waals surface area contributed by atoms with Crippen LogP contribution < -0.4 is 9.47 Å². The molecule has 14 heavy (non-hydrogen) atoms. The van der Waals surface area contributed by atoms with Crippen LogP contribution in [0.15, 0.2) is 22.6 Å². The Morgan fingerprint density at radius 2 is 2.00 bits per heavy atom. The highest BCUT2D eigenvalue weighted by atomic mass is 16.6. The number of phenolic OH excluding ortho intramolecular Hbond substituents is 1. The molecule has 0 aliphatic carbocycles. The van der Waals surface area contributed by atoms with E-state index in [1.165, 1.54) is 14.2 Å². The van der Waals surface area contributed by atoms with Gasteiger partial charge in [0.05, 0.1) is 14.2 Å². The van der Waals surface area contributed by atoms with Crippen molar-refractivity contribution < 1.29 is 19.0 Å². The average Bonchev–Trinajstić information content (AvgIpc) is 2.62. The van der Waals surface area contributed by atoms with Crippen molar-refractivity contribution in [3.63, 3.8) is 0 Å². The first-order valence-corrected chi connectivity index (χ1v) is 4.09. The summed E-state index contributed by atoms with van der Waals surface area (Å²) in [5, 5.41) is 10.5. The highest BCUT2D eigenvalue weighted by molar-refractivity contribution is 5.86. The zero-order valence-corrected chi connectivity index (χ0v) is 7.90. The molecule has 0 amide bonds. The van der Waals surface area contributed by atoms with E-state index in [9.17, 15) is 5.11 Å². The summed E-state index contributed by atoms with van der Waals surface area (Å²) in [5.74, 6) is 0.742. The molecule has 0 radical (unpaired) electrons. The SMILES string of the molecule is COc1cc2ccc(OC)c(O)c2o1. The molecule has 0 unspecified atom stereocenters. The maximum atomic E-state index is 9.68. The first kappa shape index (κ1) is 8.74. The van der Waals surface area contributed by atoms with E-state index < -0.39 is 0 Å². The number of methoxy groups -OCH3 is 2. The van der Waals surface area contributed by atoms with Gasteiger partial charge >= 0.3 is 0 Å². The summed E-state index contributed by atoms with van der Waals surface area (Å²) in [6.45, 7) is 0. The molecular weight excluding hydrogens is 184 g/mol. The van der Waals surface area contributed by atoms with Crippen LogP contribution in [0.5, 0.6) is 17.4 Å². The van der Waals surface area contributed by atoms with E-state index in [2.05, 4.69) is 0 Å². The molecule has 0 saturated carbocycles. The Hall–Kier alpha value is -1.84. The fourth-order valence-corrected chi connectivity index (χ4v) is 1.31. The molecule has 2 rings (SSSR count). The molecule has 0 fully saturated rings. The number of aromatic hydroxyl groups is 1. The van der Waals surface area contributed by atoms with Crippen LogP contribution in [0.3, 0.4) is 0 Å². The molecule has 0 bridgehead atoms. The monoisotopic (exact) mass is 194 g/mol. The van der Waals surface area contributed by atoms with Crippen LogP contribution in [-0.4, -0.2) is 19.3 Å². The second-order valence-electron chi connectivity index (χ2n) is 2.80. The Labute approximate surface area is 80.7 Å². The molecule has 1 aromatic heterocycles. The summed E-state index contributed by atoms with van der Waals surface area (Å²) < 4.78 is 15.1. The van der Waals surface area contributed by atoms with Gasteiger partial charge in [0.15, 0.2) is 11.3 Å². The van der Waals surface area contributed by atoms with Gasteiger partial charge in [-0.15, -0.1) is 0 Å². The minimum absolute atomic E-state index is 0.00620. The highest BCUT2D eigenvalue weighted by Gasteiger charge is 2.12. The van der Waals surface area contributed by atoms with Crippen LogP contribution >= 0.6 is 0 Å². The molecule has 2 aromatic rings. The van der Waals surface area contributed by atoms with E-state index in [-0.39, 0.29) is 5.75 Å². The quantitative estimate of drug-likeness (QED) is 0.795. The largest absolute Gasteiger partial charge is 0.502 e. The number of hydrogen-bond acceptors (Lipinski definition) is 4. The zero-order valence-electron chi connectivity index (χ0n) is 7.90. The van der Waals surface area contributed by atoms with Crippen molar-refractivity contribution >= 4 is 11.0 Å². The van der Waals surface area contributed by atoms with Crippen molar-refractivity contribution in [2.45, 2.75) is 0 Å². The van der Waals surface area contributed by atoms with Gasteiger partial charge in [-0.1, -0.05) is 0 Å². The first-order chi connectivity index (χ1) is 6.76. The second kappa shape index (κ2) is 3.14. The predicted octanol–water partition coefficient (Wildman–Crippen LogP) is 2.16. The lowest BCUT2D eigenvalue weighted by molar-refractivity contribution is 0.310. The van der Waals surface area contributed by atoms with Crippen molar-refractivity contribution in [1.82, 2.24) is 0 Å². The van der Waals surface area contributed by atoms with Crippen molar-refractivity contribution in [2.75, 3.05) is 14.2 Å². The summed E-state index contributed by atoms with van der Waals surface area (Å²) in [7, 11) is 2.99. The minimum atomic E-state index is -0.00620. The third kappa shape index (κ3) is 1.16. The standard InChI is InChI=1S/C10H10O4/c1-12-7-4-3-6-5-8(13-2)14-10(6)9(7)11/h3-5,11H,1-2H3. The number of ether oxygens (including phenoxy) is 2. The van der Waals surface area contributed by atoms with Crippen LogP contribution in [0.1, 0.15) is 0 Å². The lowest BCUT2D eigenvalue weighted by Gasteiger charge is -2.01. The summed E-state index contributed by atoms with van der Waals surface area (Å²) in [6, 6.07) is 5.17. The number of phenols is 1. The summed E-state index contributed by atoms with van der Waals surface area (Å²) in [5.41, 5.74) is 0.376. The van der Waals surface area contributed by atoms with Gasteiger partial charge in [-0.2, -0.15) is 0 Å². The van der Waals surface area contributed by atoms with Gasteiger partial charge in [0.1, 0.15) is 0 Å². The van der Waals surface area contributed by atoms with E-state index in [0.717, 1.165) is 5.39 Å². The van der Waals surface area contributed by atoms with Crippen LogP contribution in [-0.2, 0) is 0 Å². The average molecular weight is 194 g/mol. The number of fused-ring (bicyclic) bond motifs is 1. The number of benzene rings is 1. The third-order valence-electron chi connectivity index (χ3n) is 2.02. The van der Waals surface area contributed by atoms with Crippen LogP contribution in [0.2, 0.25) is 0 Å². The smallest absolute Gasteiger partial charge is 0.285 e. The van der Waals surface area contributed by atoms with Crippen molar-refractivity contribution in [3.05, 3.63) is 18.2 Å². The number of hydrogen-bond donors (Lipinski definition) is 1. The van der Waals surface area contributed by atoms with Crippen LogP contribution in [0.25, 0.3) is 11.0 Å². The van der Waals surface area contributed by atoms with Gasteiger partial charge in [0, 0.05) is 11.5 Å². The molecule has 0 aliphatic rings. The fraction of sp³-hybridized carbons (Fsp3) is 0.200. The van der Waals surface area contributed by atoms with E-state index in [1.54, 1.807) is 18.2 Å².